The Bertz CT molecular complexity index is 505. The van der Waals surface area contributed by atoms with Crippen molar-refractivity contribution < 1.29 is 14.7 Å². The third-order valence-electron chi connectivity index (χ3n) is 3.79. The fourth-order valence-corrected chi connectivity index (χ4v) is 2.26. The van der Waals surface area contributed by atoms with Gasteiger partial charge in [-0.1, -0.05) is 20.3 Å². The highest BCUT2D eigenvalue weighted by Gasteiger charge is 2.20. The van der Waals surface area contributed by atoms with Crippen LogP contribution < -0.4 is 5.32 Å². The first-order valence-electron chi connectivity index (χ1n) is 6.95. The molecular weight excluding hydrogens is 256 g/mol. The van der Waals surface area contributed by atoms with E-state index in [9.17, 15) is 14.7 Å². The Morgan fingerprint density at radius 2 is 1.95 bits per heavy atom. The predicted molar refractivity (Wildman–Crippen MR) is 78.1 cm³/mol. The molecular formula is C15H24N2O3. The van der Waals surface area contributed by atoms with Gasteiger partial charge in [-0.15, -0.1) is 0 Å². The van der Waals surface area contributed by atoms with E-state index in [-0.39, 0.29) is 24.2 Å². The van der Waals surface area contributed by atoms with Gasteiger partial charge in [-0.05, 0) is 32.3 Å². The van der Waals surface area contributed by atoms with Crippen molar-refractivity contribution in [3.05, 3.63) is 22.5 Å². The summed E-state index contributed by atoms with van der Waals surface area (Å²) < 4.78 is 0. The SMILES string of the molecule is CCC(C)C(O)CNC(=O)c1[nH]c(C)c(C(C)=O)c1C. The van der Waals surface area contributed by atoms with E-state index in [4.69, 9.17) is 0 Å². The molecule has 0 saturated carbocycles. The zero-order valence-corrected chi connectivity index (χ0v) is 12.8. The van der Waals surface area contributed by atoms with Gasteiger partial charge in [-0.25, -0.2) is 0 Å². The standard InChI is InChI=1S/C15H24N2O3/c1-6-8(2)12(19)7-16-15(20)14-9(3)13(11(5)18)10(4)17-14/h8,12,17,19H,6-7H2,1-5H3,(H,16,20). The lowest BCUT2D eigenvalue weighted by Gasteiger charge is -2.17. The molecule has 1 aromatic heterocycles. The predicted octanol–water partition coefficient (Wildman–Crippen LogP) is 1.97. The lowest BCUT2D eigenvalue weighted by molar-refractivity contribution is 0.0846. The third-order valence-corrected chi connectivity index (χ3v) is 3.79. The molecule has 0 spiro atoms. The summed E-state index contributed by atoms with van der Waals surface area (Å²) in [6.07, 6.45) is 0.291. The molecule has 0 aliphatic carbocycles. The number of carbonyl (C=O) groups is 2. The maximum Gasteiger partial charge on any atom is 0.268 e. The third kappa shape index (κ3) is 3.48. The molecule has 0 saturated heterocycles. The first-order valence-corrected chi connectivity index (χ1v) is 6.95. The second kappa shape index (κ2) is 6.70. The quantitative estimate of drug-likeness (QED) is 0.697. The van der Waals surface area contributed by atoms with Crippen LogP contribution in [-0.4, -0.2) is 34.4 Å². The van der Waals surface area contributed by atoms with E-state index in [1.54, 1.807) is 13.8 Å². The summed E-state index contributed by atoms with van der Waals surface area (Å²) in [4.78, 5) is 26.6. The van der Waals surface area contributed by atoms with Crippen LogP contribution in [-0.2, 0) is 0 Å². The Hall–Kier alpha value is -1.62. The molecule has 0 aromatic carbocycles. The van der Waals surface area contributed by atoms with Crippen LogP contribution in [0.4, 0.5) is 0 Å². The van der Waals surface area contributed by atoms with Gasteiger partial charge in [0, 0.05) is 17.8 Å². The van der Waals surface area contributed by atoms with Gasteiger partial charge in [-0.2, -0.15) is 0 Å². The average molecular weight is 280 g/mol. The van der Waals surface area contributed by atoms with Gasteiger partial charge < -0.3 is 15.4 Å². The Balaban J connectivity index is 2.79. The molecule has 0 aliphatic rings. The number of amides is 1. The molecule has 1 amide bonds. The van der Waals surface area contributed by atoms with E-state index >= 15 is 0 Å². The van der Waals surface area contributed by atoms with Gasteiger partial charge >= 0.3 is 0 Å². The Kier molecular flexibility index (Phi) is 5.51. The van der Waals surface area contributed by atoms with Crippen LogP contribution in [0.5, 0.6) is 0 Å². The van der Waals surface area contributed by atoms with Crippen molar-refractivity contribution in [2.45, 2.75) is 47.1 Å². The minimum atomic E-state index is -0.562. The van der Waals surface area contributed by atoms with Crippen molar-refractivity contribution in [1.29, 1.82) is 0 Å². The van der Waals surface area contributed by atoms with E-state index < -0.39 is 6.10 Å². The van der Waals surface area contributed by atoms with Gasteiger partial charge in [-0.3, -0.25) is 9.59 Å². The number of H-pyrrole nitrogens is 1. The van der Waals surface area contributed by atoms with Gasteiger partial charge in [0.25, 0.3) is 5.91 Å². The van der Waals surface area contributed by atoms with Crippen LogP contribution in [0.2, 0.25) is 0 Å². The van der Waals surface area contributed by atoms with Gasteiger partial charge in [0.15, 0.2) is 5.78 Å². The number of ketones is 1. The molecule has 0 aliphatic heterocycles. The summed E-state index contributed by atoms with van der Waals surface area (Å²) in [6.45, 7) is 9.15. The molecule has 5 heteroatoms. The van der Waals surface area contributed by atoms with Crippen LogP contribution in [0.1, 0.15) is 59.3 Å². The van der Waals surface area contributed by atoms with Crippen molar-refractivity contribution >= 4 is 11.7 Å². The summed E-state index contributed by atoms with van der Waals surface area (Å²) in [5, 5.41) is 12.6. The smallest absolute Gasteiger partial charge is 0.268 e. The highest BCUT2D eigenvalue weighted by molar-refractivity contribution is 6.02. The van der Waals surface area contributed by atoms with E-state index in [0.717, 1.165) is 6.42 Å². The molecule has 1 aromatic rings. The highest BCUT2D eigenvalue weighted by Crippen LogP contribution is 2.18. The normalized spacial score (nSPS) is 13.9. The summed E-state index contributed by atoms with van der Waals surface area (Å²) in [7, 11) is 0. The zero-order valence-electron chi connectivity index (χ0n) is 12.8. The van der Waals surface area contributed by atoms with Gasteiger partial charge in [0.05, 0.1) is 6.10 Å². The minimum absolute atomic E-state index is 0.0602. The largest absolute Gasteiger partial charge is 0.391 e. The Morgan fingerprint density at radius 3 is 2.40 bits per heavy atom. The number of aryl methyl sites for hydroxylation is 1. The molecule has 1 rings (SSSR count). The van der Waals surface area contributed by atoms with Crippen LogP contribution in [0.25, 0.3) is 0 Å². The van der Waals surface area contributed by atoms with Crippen molar-refractivity contribution in [1.82, 2.24) is 10.3 Å². The van der Waals surface area contributed by atoms with E-state index in [0.29, 0.717) is 22.5 Å². The second-order valence-corrected chi connectivity index (χ2v) is 5.34. The second-order valence-electron chi connectivity index (χ2n) is 5.34. The van der Waals surface area contributed by atoms with Crippen molar-refractivity contribution in [2.75, 3.05) is 6.54 Å². The Morgan fingerprint density at radius 1 is 1.35 bits per heavy atom. The number of hydrogen-bond donors (Lipinski definition) is 3. The lowest BCUT2D eigenvalue weighted by atomic mass is 10.0. The molecule has 2 atom stereocenters. The fourth-order valence-electron chi connectivity index (χ4n) is 2.26. The maximum absolute atomic E-state index is 12.1. The first-order chi connectivity index (χ1) is 9.29. The summed E-state index contributed by atoms with van der Waals surface area (Å²) in [6, 6.07) is 0. The molecule has 0 radical (unpaired) electrons. The van der Waals surface area contributed by atoms with E-state index in [1.165, 1.54) is 6.92 Å². The molecule has 0 bridgehead atoms. The summed E-state index contributed by atoms with van der Waals surface area (Å²) >= 11 is 0. The minimum Gasteiger partial charge on any atom is -0.391 e. The average Bonchev–Trinajstić information content (AvgIpc) is 2.69. The topological polar surface area (TPSA) is 82.2 Å². The molecule has 20 heavy (non-hydrogen) atoms. The van der Waals surface area contributed by atoms with Crippen LogP contribution in [0.3, 0.4) is 0 Å². The number of nitrogens with one attached hydrogen (secondary N) is 2. The van der Waals surface area contributed by atoms with Gasteiger partial charge in [0.1, 0.15) is 5.69 Å². The van der Waals surface area contributed by atoms with Crippen LogP contribution >= 0.6 is 0 Å². The van der Waals surface area contributed by atoms with Crippen molar-refractivity contribution in [2.24, 2.45) is 5.92 Å². The number of carbonyl (C=O) groups excluding carboxylic acids is 2. The highest BCUT2D eigenvalue weighted by atomic mass is 16.3. The molecule has 5 nitrogen and oxygen atoms in total. The lowest BCUT2D eigenvalue weighted by Crippen LogP contribution is -2.35. The number of aromatic amines is 1. The van der Waals surface area contributed by atoms with Crippen molar-refractivity contribution in [3.63, 3.8) is 0 Å². The number of hydrogen-bond acceptors (Lipinski definition) is 3. The summed E-state index contributed by atoms with van der Waals surface area (Å²) in [5.41, 5.74) is 2.31. The van der Waals surface area contributed by atoms with E-state index in [2.05, 4.69) is 10.3 Å². The maximum atomic E-state index is 12.1. The molecule has 2 unspecified atom stereocenters. The van der Waals surface area contributed by atoms with Crippen LogP contribution in [0.15, 0.2) is 0 Å². The Labute approximate surface area is 119 Å². The number of aliphatic hydroxyl groups is 1. The molecule has 0 fully saturated rings. The van der Waals surface area contributed by atoms with Crippen molar-refractivity contribution in [3.8, 4) is 0 Å². The van der Waals surface area contributed by atoms with E-state index in [1.807, 2.05) is 13.8 Å². The zero-order chi connectivity index (χ0) is 15.4. The number of aromatic nitrogens is 1. The first kappa shape index (κ1) is 16.4. The number of aliphatic hydroxyl groups excluding tert-OH is 1. The van der Waals surface area contributed by atoms with Gasteiger partial charge in [0.2, 0.25) is 0 Å². The number of rotatable bonds is 6. The fraction of sp³-hybridized carbons (Fsp3) is 0.600. The van der Waals surface area contributed by atoms with Crippen LogP contribution in [0, 0.1) is 19.8 Å². The molecule has 112 valence electrons. The monoisotopic (exact) mass is 280 g/mol. The molecule has 3 N–H and O–H groups in total. The molecule has 1 heterocycles. The number of Topliss-reactive ketones (excluding diaryl/α,β-unsaturated/α-hetero) is 1. The summed E-state index contributed by atoms with van der Waals surface area (Å²) in [5.74, 6) is -0.218.